The van der Waals surface area contributed by atoms with E-state index in [2.05, 4.69) is 20.7 Å². The topological polar surface area (TPSA) is 99.3 Å². The molecule has 0 saturated carbocycles. The molecule has 0 radical (unpaired) electrons. The van der Waals surface area contributed by atoms with E-state index in [0.29, 0.717) is 37.9 Å². The average Bonchev–Trinajstić information content (AvgIpc) is 2.70. The minimum Gasteiger partial charge on any atom is -0.356 e. The first-order valence-electron chi connectivity index (χ1n) is 10.7. The zero-order chi connectivity index (χ0) is 20.7. The molecule has 4 N–H and O–H groups in total. The van der Waals surface area contributed by atoms with Gasteiger partial charge in [-0.2, -0.15) is 0 Å². The summed E-state index contributed by atoms with van der Waals surface area (Å²) in [6, 6.07) is 7.28. The second-order valence-electron chi connectivity index (χ2n) is 8.34. The van der Waals surface area contributed by atoms with Crippen molar-refractivity contribution in [2.45, 2.75) is 50.0 Å². The SMILES string of the molecule is Cc1ccc(S(=O)(=O)NCCCNC(=O)CCC[C@@H]2NC[C@@H]3CNC[C@H]2C3)cc1. The van der Waals surface area contributed by atoms with Crippen LogP contribution in [0.5, 0.6) is 0 Å². The van der Waals surface area contributed by atoms with Crippen molar-refractivity contribution < 1.29 is 13.2 Å². The Morgan fingerprint density at radius 3 is 2.69 bits per heavy atom. The van der Waals surface area contributed by atoms with Gasteiger partial charge in [-0.25, -0.2) is 13.1 Å². The van der Waals surface area contributed by atoms with Crippen LogP contribution in [0.15, 0.2) is 29.2 Å². The fourth-order valence-electron chi connectivity index (χ4n) is 4.25. The minimum absolute atomic E-state index is 0.0434. The highest BCUT2D eigenvalue weighted by molar-refractivity contribution is 7.89. The molecule has 7 nitrogen and oxygen atoms in total. The second-order valence-corrected chi connectivity index (χ2v) is 10.1. The van der Waals surface area contributed by atoms with Crippen molar-refractivity contribution >= 4 is 15.9 Å². The quantitative estimate of drug-likeness (QED) is 0.424. The maximum Gasteiger partial charge on any atom is 0.240 e. The number of rotatable bonds is 10. The zero-order valence-corrected chi connectivity index (χ0v) is 18.1. The smallest absolute Gasteiger partial charge is 0.240 e. The van der Waals surface area contributed by atoms with E-state index in [-0.39, 0.29) is 10.8 Å². The molecule has 2 bridgehead atoms. The van der Waals surface area contributed by atoms with E-state index < -0.39 is 10.0 Å². The lowest BCUT2D eigenvalue weighted by Crippen LogP contribution is -2.54. The second kappa shape index (κ2) is 10.5. The summed E-state index contributed by atoms with van der Waals surface area (Å²) in [7, 11) is -3.49. The van der Waals surface area contributed by atoms with Crippen LogP contribution in [0.1, 0.15) is 37.7 Å². The molecule has 2 heterocycles. The molecular weight excluding hydrogens is 388 g/mol. The highest BCUT2D eigenvalue weighted by atomic mass is 32.2. The van der Waals surface area contributed by atoms with Crippen molar-refractivity contribution in [3.8, 4) is 0 Å². The number of carbonyl (C=O) groups is 1. The Morgan fingerprint density at radius 2 is 1.90 bits per heavy atom. The third kappa shape index (κ3) is 6.77. The van der Waals surface area contributed by atoms with Gasteiger partial charge in [-0.1, -0.05) is 17.7 Å². The summed E-state index contributed by atoms with van der Waals surface area (Å²) < 4.78 is 27.0. The van der Waals surface area contributed by atoms with Crippen molar-refractivity contribution in [2.75, 3.05) is 32.7 Å². The molecule has 1 amide bonds. The van der Waals surface area contributed by atoms with Gasteiger partial charge in [-0.3, -0.25) is 4.79 Å². The minimum atomic E-state index is -3.49. The lowest BCUT2D eigenvalue weighted by Gasteiger charge is -2.41. The van der Waals surface area contributed by atoms with Crippen LogP contribution in [0.4, 0.5) is 0 Å². The van der Waals surface area contributed by atoms with E-state index >= 15 is 0 Å². The highest BCUT2D eigenvalue weighted by Gasteiger charge is 2.32. The third-order valence-electron chi connectivity index (χ3n) is 5.93. The lowest BCUT2D eigenvalue weighted by molar-refractivity contribution is -0.121. The standard InChI is InChI=1S/C21H34N4O3S/c1-16-6-8-19(9-7-16)29(27,28)25-11-3-10-23-21(26)5-2-4-20-18-12-17(14-24-20)13-22-15-18/h6-9,17-18,20,22,24-25H,2-5,10-15H2,1H3,(H,23,26)/t17-,18+,20-/m0/s1. The largest absolute Gasteiger partial charge is 0.356 e. The number of aryl methyl sites for hydroxylation is 1. The molecule has 1 aromatic rings. The van der Waals surface area contributed by atoms with Crippen LogP contribution in [0.2, 0.25) is 0 Å². The summed E-state index contributed by atoms with van der Waals surface area (Å²) in [4.78, 5) is 12.3. The van der Waals surface area contributed by atoms with Crippen molar-refractivity contribution in [1.82, 2.24) is 20.7 Å². The van der Waals surface area contributed by atoms with Crippen LogP contribution >= 0.6 is 0 Å². The van der Waals surface area contributed by atoms with Crippen LogP contribution < -0.4 is 20.7 Å². The first kappa shape index (κ1) is 22.2. The number of benzene rings is 1. The van der Waals surface area contributed by atoms with Gasteiger partial charge < -0.3 is 16.0 Å². The van der Waals surface area contributed by atoms with Crippen LogP contribution in [0.3, 0.4) is 0 Å². The molecule has 2 aliphatic rings. The Labute approximate surface area is 174 Å². The summed E-state index contributed by atoms with van der Waals surface area (Å²) in [5.74, 6) is 1.49. The number of sulfonamides is 1. The third-order valence-corrected chi connectivity index (χ3v) is 7.41. The summed E-state index contributed by atoms with van der Waals surface area (Å²) in [6.45, 7) is 5.99. The zero-order valence-electron chi connectivity index (χ0n) is 17.2. The summed E-state index contributed by atoms with van der Waals surface area (Å²) in [6.07, 6.45) is 4.30. The molecule has 0 aliphatic carbocycles. The van der Waals surface area contributed by atoms with E-state index in [1.54, 1.807) is 24.3 Å². The Kier molecular flexibility index (Phi) is 8.06. The van der Waals surface area contributed by atoms with Gasteiger partial charge in [-0.15, -0.1) is 0 Å². The van der Waals surface area contributed by atoms with E-state index in [9.17, 15) is 13.2 Å². The van der Waals surface area contributed by atoms with E-state index in [4.69, 9.17) is 0 Å². The Balaban J connectivity index is 1.26. The van der Waals surface area contributed by atoms with Gasteiger partial charge in [0, 0.05) is 25.6 Å². The number of hydrogen-bond acceptors (Lipinski definition) is 5. The van der Waals surface area contributed by atoms with E-state index in [1.165, 1.54) is 6.42 Å². The van der Waals surface area contributed by atoms with Crippen LogP contribution in [-0.4, -0.2) is 53.1 Å². The Bertz CT molecular complexity index is 767. The van der Waals surface area contributed by atoms with Crippen LogP contribution in [-0.2, 0) is 14.8 Å². The van der Waals surface area contributed by atoms with Gasteiger partial charge in [-0.05, 0) is 76.2 Å². The maximum atomic E-state index is 12.2. The number of nitrogens with one attached hydrogen (secondary N) is 4. The highest BCUT2D eigenvalue weighted by Crippen LogP contribution is 2.26. The number of amides is 1. The molecule has 0 spiro atoms. The fraction of sp³-hybridized carbons (Fsp3) is 0.667. The molecule has 1 aromatic carbocycles. The molecule has 0 unspecified atom stereocenters. The fourth-order valence-corrected chi connectivity index (χ4v) is 5.32. The monoisotopic (exact) mass is 422 g/mol. The van der Waals surface area contributed by atoms with Gasteiger partial charge in [0.1, 0.15) is 0 Å². The summed E-state index contributed by atoms with van der Waals surface area (Å²) in [5, 5.41) is 10.1. The van der Waals surface area contributed by atoms with E-state index in [1.807, 2.05) is 6.92 Å². The van der Waals surface area contributed by atoms with Crippen molar-refractivity contribution in [1.29, 1.82) is 0 Å². The molecular formula is C21H34N4O3S. The predicted octanol–water partition coefficient (Wildman–Crippen LogP) is 1.15. The predicted molar refractivity (Wildman–Crippen MR) is 114 cm³/mol. The molecule has 162 valence electrons. The van der Waals surface area contributed by atoms with Crippen molar-refractivity contribution in [3.63, 3.8) is 0 Å². The van der Waals surface area contributed by atoms with E-state index in [0.717, 1.165) is 44.0 Å². The number of hydrogen-bond donors (Lipinski definition) is 4. The molecule has 3 atom stereocenters. The normalized spacial score (nSPS) is 24.2. The van der Waals surface area contributed by atoms with Gasteiger partial charge in [0.2, 0.25) is 15.9 Å². The molecule has 2 fully saturated rings. The maximum absolute atomic E-state index is 12.2. The first-order chi connectivity index (χ1) is 13.9. The van der Waals surface area contributed by atoms with Crippen LogP contribution in [0, 0.1) is 18.8 Å². The summed E-state index contributed by atoms with van der Waals surface area (Å²) >= 11 is 0. The van der Waals surface area contributed by atoms with Gasteiger partial charge in [0.15, 0.2) is 0 Å². The van der Waals surface area contributed by atoms with Gasteiger partial charge in [0.05, 0.1) is 4.90 Å². The first-order valence-corrected chi connectivity index (χ1v) is 12.2. The molecule has 2 aliphatic heterocycles. The summed E-state index contributed by atoms with van der Waals surface area (Å²) in [5.41, 5.74) is 1.02. The number of carbonyl (C=O) groups excluding carboxylic acids is 1. The Hall–Kier alpha value is -1.48. The molecule has 0 aromatic heterocycles. The molecule has 3 rings (SSSR count). The van der Waals surface area contributed by atoms with Crippen molar-refractivity contribution in [2.24, 2.45) is 11.8 Å². The molecule has 29 heavy (non-hydrogen) atoms. The Morgan fingerprint density at radius 1 is 1.10 bits per heavy atom. The number of fused-ring (bicyclic) bond motifs is 2. The van der Waals surface area contributed by atoms with Crippen LogP contribution in [0.25, 0.3) is 0 Å². The number of piperidine rings is 2. The molecule has 8 heteroatoms. The molecule has 2 saturated heterocycles. The average molecular weight is 423 g/mol. The van der Waals surface area contributed by atoms with Gasteiger partial charge >= 0.3 is 0 Å². The van der Waals surface area contributed by atoms with Crippen molar-refractivity contribution in [3.05, 3.63) is 29.8 Å². The van der Waals surface area contributed by atoms with Gasteiger partial charge in [0.25, 0.3) is 0 Å². The lowest BCUT2D eigenvalue weighted by atomic mass is 9.80.